The van der Waals surface area contributed by atoms with Crippen molar-refractivity contribution in [3.05, 3.63) is 56.7 Å². The highest BCUT2D eigenvalue weighted by atomic mass is 35.5. The van der Waals surface area contributed by atoms with E-state index in [0.29, 0.717) is 35.0 Å². The van der Waals surface area contributed by atoms with Gasteiger partial charge in [0.2, 0.25) is 0 Å². The Morgan fingerprint density at radius 2 is 2.04 bits per heavy atom. The summed E-state index contributed by atoms with van der Waals surface area (Å²) in [7, 11) is 1.57. The van der Waals surface area contributed by atoms with Crippen LogP contribution in [0, 0.1) is 0 Å². The van der Waals surface area contributed by atoms with Gasteiger partial charge < -0.3 is 9.67 Å². The smallest absolute Gasteiger partial charge is 0.329 e. The first-order valence-electron chi connectivity index (χ1n) is 8.11. The van der Waals surface area contributed by atoms with Gasteiger partial charge in [0.15, 0.2) is 16.3 Å². The number of nitrogens with zero attached hydrogens (tertiary/aromatic N) is 3. The van der Waals surface area contributed by atoms with Gasteiger partial charge in [-0.3, -0.25) is 14.3 Å². The molecule has 0 amide bonds. The summed E-state index contributed by atoms with van der Waals surface area (Å²) in [5.74, 6) is 0.473. The van der Waals surface area contributed by atoms with Crippen LogP contribution in [0.3, 0.4) is 0 Å². The summed E-state index contributed by atoms with van der Waals surface area (Å²) in [6.07, 6.45) is 0.0337. The van der Waals surface area contributed by atoms with E-state index in [1.165, 1.54) is 16.3 Å². The zero-order valence-electron chi connectivity index (χ0n) is 14.2. The van der Waals surface area contributed by atoms with Crippen LogP contribution in [-0.4, -0.2) is 41.9 Å². The van der Waals surface area contributed by atoms with E-state index in [0.717, 1.165) is 5.56 Å². The minimum Gasteiger partial charge on any atom is -0.391 e. The van der Waals surface area contributed by atoms with Crippen molar-refractivity contribution in [2.75, 3.05) is 11.6 Å². The Morgan fingerprint density at radius 1 is 1.31 bits per heavy atom. The standard InChI is InChI=1S/C17H19ClN4O3S/c1-21-14-13(15(24)20-16(21)25)22(8-7-11-5-3-2-4-6-11)17(19-14)26-10-12(23)9-18/h2-6,12,23H,7-10H2,1H3,(H,20,24,25). The van der Waals surface area contributed by atoms with Crippen molar-refractivity contribution >= 4 is 34.5 Å². The first-order valence-corrected chi connectivity index (χ1v) is 9.63. The van der Waals surface area contributed by atoms with Crippen molar-refractivity contribution in [2.45, 2.75) is 24.2 Å². The van der Waals surface area contributed by atoms with Gasteiger partial charge in [-0.2, -0.15) is 0 Å². The minimum absolute atomic E-state index is 0.121. The highest BCUT2D eigenvalue weighted by molar-refractivity contribution is 7.99. The Labute approximate surface area is 158 Å². The van der Waals surface area contributed by atoms with Crippen molar-refractivity contribution in [1.29, 1.82) is 0 Å². The molecule has 26 heavy (non-hydrogen) atoms. The van der Waals surface area contributed by atoms with E-state index < -0.39 is 17.4 Å². The van der Waals surface area contributed by atoms with Gasteiger partial charge >= 0.3 is 5.69 Å². The maximum atomic E-state index is 12.4. The molecule has 0 saturated carbocycles. The molecule has 2 N–H and O–H groups in total. The molecule has 2 heterocycles. The molecule has 3 aromatic rings. The van der Waals surface area contributed by atoms with Crippen LogP contribution in [-0.2, 0) is 20.0 Å². The molecule has 1 unspecified atom stereocenters. The number of benzene rings is 1. The lowest BCUT2D eigenvalue weighted by molar-refractivity contribution is 0.223. The molecular formula is C17H19ClN4O3S. The third-order valence-corrected chi connectivity index (χ3v) is 5.50. The average Bonchev–Trinajstić information content (AvgIpc) is 3.02. The van der Waals surface area contributed by atoms with Crippen molar-refractivity contribution in [3.63, 3.8) is 0 Å². The number of aliphatic hydroxyl groups excluding tert-OH is 1. The highest BCUT2D eigenvalue weighted by Crippen LogP contribution is 2.23. The zero-order valence-corrected chi connectivity index (χ0v) is 15.8. The molecule has 0 aliphatic rings. The summed E-state index contributed by atoms with van der Waals surface area (Å²) < 4.78 is 3.12. The Morgan fingerprint density at radius 3 is 2.73 bits per heavy atom. The fraction of sp³-hybridized carbons (Fsp3) is 0.353. The average molecular weight is 395 g/mol. The lowest BCUT2D eigenvalue weighted by Gasteiger charge is -2.10. The van der Waals surface area contributed by atoms with E-state index in [2.05, 4.69) is 9.97 Å². The summed E-state index contributed by atoms with van der Waals surface area (Å²) in [5.41, 5.74) is 0.842. The quantitative estimate of drug-likeness (QED) is 0.466. The van der Waals surface area contributed by atoms with E-state index in [1.54, 1.807) is 11.6 Å². The third-order valence-electron chi connectivity index (χ3n) is 4.02. The number of aromatic nitrogens is 4. The molecule has 2 aromatic heterocycles. The largest absolute Gasteiger partial charge is 0.391 e. The van der Waals surface area contributed by atoms with Crippen molar-refractivity contribution < 1.29 is 5.11 Å². The van der Waals surface area contributed by atoms with Crippen LogP contribution in [0.25, 0.3) is 11.2 Å². The maximum absolute atomic E-state index is 12.4. The number of halogens is 1. The van der Waals surface area contributed by atoms with Gasteiger partial charge in [-0.25, -0.2) is 9.78 Å². The van der Waals surface area contributed by atoms with Crippen LogP contribution in [0.5, 0.6) is 0 Å². The predicted molar refractivity (Wildman–Crippen MR) is 103 cm³/mol. The van der Waals surface area contributed by atoms with Crippen LogP contribution >= 0.6 is 23.4 Å². The number of alkyl halides is 1. The lowest BCUT2D eigenvalue weighted by atomic mass is 10.1. The van der Waals surface area contributed by atoms with Crippen LogP contribution in [0.15, 0.2) is 45.1 Å². The van der Waals surface area contributed by atoms with Crippen LogP contribution in [0.4, 0.5) is 0 Å². The Kier molecular flexibility index (Phi) is 5.85. The number of H-pyrrole nitrogens is 1. The Bertz CT molecular complexity index is 1010. The monoisotopic (exact) mass is 394 g/mol. The molecular weight excluding hydrogens is 376 g/mol. The SMILES string of the molecule is Cn1c(=O)[nH]c(=O)c2c1nc(SCC(O)CCl)n2CCc1ccccc1. The number of hydrogen-bond donors (Lipinski definition) is 2. The molecule has 0 aliphatic heterocycles. The molecule has 7 nitrogen and oxygen atoms in total. The molecule has 0 spiro atoms. The molecule has 0 saturated heterocycles. The van der Waals surface area contributed by atoms with Crippen LogP contribution in [0.1, 0.15) is 5.56 Å². The summed E-state index contributed by atoms with van der Waals surface area (Å²) >= 11 is 6.97. The number of thioether (sulfide) groups is 1. The van der Waals surface area contributed by atoms with Gasteiger partial charge in [-0.1, -0.05) is 42.1 Å². The summed E-state index contributed by atoms with van der Waals surface area (Å²) in [5, 5.41) is 10.3. The first kappa shape index (κ1) is 18.8. The Hall–Kier alpha value is -2.03. The van der Waals surface area contributed by atoms with Gasteiger partial charge in [0, 0.05) is 25.2 Å². The highest BCUT2D eigenvalue weighted by Gasteiger charge is 2.18. The molecule has 138 valence electrons. The van der Waals surface area contributed by atoms with Crippen LogP contribution < -0.4 is 11.2 Å². The van der Waals surface area contributed by atoms with E-state index in [9.17, 15) is 14.7 Å². The van der Waals surface area contributed by atoms with E-state index in [-0.39, 0.29) is 5.88 Å². The minimum atomic E-state index is -0.675. The number of fused-ring (bicyclic) bond motifs is 1. The Balaban J connectivity index is 2.03. The van der Waals surface area contributed by atoms with E-state index in [1.807, 2.05) is 30.3 Å². The second-order valence-corrected chi connectivity index (χ2v) is 7.19. The van der Waals surface area contributed by atoms with Gasteiger partial charge in [0.05, 0.1) is 6.10 Å². The molecule has 0 bridgehead atoms. The molecule has 0 radical (unpaired) electrons. The van der Waals surface area contributed by atoms with Crippen LogP contribution in [0.2, 0.25) is 0 Å². The fourth-order valence-corrected chi connectivity index (χ4v) is 3.82. The molecule has 0 fully saturated rings. The van der Waals surface area contributed by atoms with Gasteiger partial charge in [0.25, 0.3) is 5.56 Å². The van der Waals surface area contributed by atoms with Crippen molar-refractivity contribution in [1.82, 2.24) is 19.1 Å². The van der Waals surface area contributed by atoms with Gasteiger partial charge in [-0.15, -0.1) is 11.6 Å². The molecule has 0 aliphatic carbocycles. The van der Waals surface area contributed by atoms with Gasteiger partial charge in [-0.05, 0) is 12.0 Å². The van der Waals surface area contributed by atoms with Crippen molar-refractivity contribution in [3.8, 4) is 0 Å². The summed E-state index contributed by atoms with van der Waals surface area (Å²) in [6, 6.07) is 9.91. The maximum Gasteiger partial charge on any atom is 0.329 e. The van der Waals surface area contributed by atoms with Crippen molar-refractivity contribution in [2.24, 2.45) is 7.05 Å². The van der Waals surface area contributed by atoms with E-state index >= 15 is 0 Å². The normalized spacial score (nSPS) is 12.6. The summed E-state index contributed by atoms with van der Waals surface area (Å²) in [4.78, 5) is 31.0. The second kappa shape index (κ2) is 8.11. The number of aryl methyl sites for hydroxylation is 3. The molecule has 3 rings (SSSR count). The molecule has 1 atom stereocenters. The second-order valence-electron chi connectivity index (χ2n) is 5.89. The topological polar surface area (TPSA) is 92.9 Å². The number of aromatic amines is 1. The number of aliphatic hydroxyl groups is 1. The molecule has 1 aromatic carbocycles. The number of imidazole rings is 1. The predicted octanol–water partition coefficient (Wildman–Crippen LogP) is 1.36. The number of rotatable bonds is 7. The third kappa shape index (κ3) is 3.87. The number of hydrogen-bond acceptors (Lipinski definition) is 5. The molecule has 9 heteroatoms. The van der Waals surface area contributed by atoms with Gasteiger partial charge in [0.1, 0.15) is 0 Å². The first-order chi connectivity index (χ1) is 12.5. The summed E-state index contributed by atoms with van der Waals surface area (Å²) in [6.45, 7) is 0.529. The lowest BCUT2D eigenvalue weighted by Crippen LogP contribution is -2.29. The zero-order chi connectivity index (χ0) is 18.7. The number of nitrogens with one attached hydrogen (secondary N) is 1. The van der Waals surface area contributed by atoms with E-state index in [4.69, 9.17) is 11.6 Å². The fourth-order valence-electron chi connectivity index (χ4n) is 2.63.